The fraction of sp³-hybridized carbons (Fsp3) is 0.286. The normalized spacial score (nSPS) is 11.5. The molecule has 0 saturated heterocycles. The molecule has 0 atom stereocenters. The fourth-order valence-corrected chi connectivity index (χ4v) is 1.92. The molecular formula is C14H14F3N3O. The van der Waals surface area contributed by atoms with Crippen molar-refractivity contribution >= 4 is 5.91 Å². The lowest BCUT2D eigenvalue weighted by Crippen LogP contribution is -2.28. The van der Waals surface area contributed by atoms with E-state index in [0.717, 1.165) is 12.1 Å². The molecule has 2 rings (SSSR count). The van der Waals surface area contributed by atoms with E-state index in [1.165, 1.54) is 27.9 Å². The van der Waals surface area contributed by atoms with E-state index in [0.29, 0.717) is 11.3 Å². The predicted octanol–water partition coefficient (Wildman–Crippen LogP) is 2.71. The average Bonchev–Trinajstić information content (AvgIpc) is 2.83. The molecule has 1 heterocycles. The van der Waals surface area contributed by atoms with Gasteiger partial charge in [0.2, 0.25) is 0 Å². The molecule has 0 fully saturated rings. The van der Waals surface area contributed by atoms with Crippen molar-refractivity contribution in [3.63, 3.8) is 0 Å². The summed E-state index contributed by atoms with van der Waals surface area (Å²) in [5.41, 5.74) is 0.345. The molecule has 1 aromatic heterocycles. The van der Waals surface area contributed by atoms with Crippen LogP contribution < -0.4 is 0 Å². The Balaban J connectivity index is 2.08. The van der Waals surface area contributed by atoms with Gasteiger partial charge < -0.3 is 4.90 Å². The topological polar surface area (TPSA) is 38.1 Å². The molecule has 21 heavy (non-hydrogen) atoms. The van der Waals surface area contributed by atoms with Crippen LogP contribution in [0.4, 0.5) is 13.2 Å². The van der Waals surface area contributed by atoms with Gasteiger partial charge >= 0.3 is 6.18 Å². The second-order valence-corrected chi connectivity index (χ2v) is 4.70. The Labute approximate surface area is 119 Å². The van der Waals surface area contributed by atoms with E-state index in [4.69, 9.17) is 0 Å². The van der Waals surface area contributed by atoms with Crippen molar-refractivity contribution in [3.8, 4) is 0 Å². The van der Waals surface area contributed by atoms with Gasteiger partial charge in [0.1, 0.15) is 5.69 Å². The molecule has 0 spiro atoms. The van der Waals surface area contributed by atoms with Crippen molar-refractivity contribution in [1.82, 2.24) is 14.7 Å². The smallest absolute Gasteiger partial charge is 0.336 e. The highest BCUT2D eigenvalue weighted by Gasteiger charge is 2.30. The molecule has 0 N–H and O–H groups in total. The monoisotopic (exact) mass is 297 g/mol. The lowest BCUT2D eigenvalue weighted by Gasteiger charge is -2.17. The first-order chi connectivity index (χ1) is 9.79. The molecule has 0 radical (unpaired) electrons. The van der Waals surface area contributed by atoms with Crippen LogP contribution in [0.1, 0.15) is 21.6 Å². The van der Waals surface area contributed by atoms with Crippen molar-refractivity contribution in [3.05, 3.63) is 53.3 Å². The minimum absolute atomic E-state index is 0.224. The van der Waals surface area contributed by atoms with Crippen LogP contribution in [-0.4, -0.2) is 27.6 Å². The molecule has 0 unspecified atom stereocenters. The molecule has 0 saturated carbocycles. The van der Waals surface area contributed by atoms with Gasteiger partial charge in [0.05, 0.1) is 5.56 Å². The van der Waals surface area contributed by atoms with Crippen molar-refractivity contribution in [2.24, 2.45) is 7.05 Å². The van der Waals surface area contributed by atoms with Gasteiger partial charge in [-0.05, 0) is 23.8 Å². The number of aromatic nitrogens is 2. The summed E-state index contributed by atoms with van der Waals surface area (Å²) in [7, 11) is 3.24. The van der Waals surface area contributed by atoms with E-state index < -0.39 is 11.7 Å². The maximum absolute atomic E-state index is 12.5. The minimum Gasteiger partial charge on any atom is -0.336 e. The number of carbonyl (C=O) groups excluding carboxylic acids is 1. The number of carbonyl (C=O) groups is 1. The summed E-state index contributed by atoms with van der Waals surface area (Å²) in [6.45, 7) is 0.224. The molecule has 4 nitrogen and oxygen atoms in total. The summed E-state index contributed by atoms with van der Waals surface area (Å²) in [5.74, 6) is -0.241. The maximum atomic E-state index is 12.5. The van der Waals surface area contributed by atoms with E-state index in [9.17, 15) is 18.0 Å². The van der Waals surface area contributed by atoms with Crippen LogP contribution in [-0.2, 0) is 19.8 Å². The minimum atomic E-state index is -4.35. The molecule has 7 heteroatoms. The average molecular weight is 297 g/mol. The number of hydrogen-bond acceptors (Lipinski definition) is 2. The van der Waals surface area contributed by atoms with Crippen LogP contribution in [0, 0.1) is 0 Å². The molecule has 2 aromatic rings. The highest BCUT2D eigenvalue weighted by Crippen LogP contribution is 2.29. The second kappa shape index (κ2) is 5.59. The van der Waals surface area contributed by atoms with E-state index in [-0.39, 0.29) is 12.5 Å². The third-order valence-corrected chi connectivity index (χ3v) is 3.09. The first-order valence-corrected chi connectivity index (χ1v) is 6.18. The Morgan fingerprint density at radius 2 is 1.86 bits per heavy atom. The van der Waals surface area contributed by atoms with Gasteiger partial charge in [-0.3, -0.25) is 9.48 Å². The van der Waals surface area contributed by atoms with Gasteiger partial charge in [-0.15, -0.1) is 0 Å². The van der Waals surface area contributed by atoms with E-state index in [1.54, 1.807) is 20.2 Å². The Bertz CT molecular complexity index is 632. The lowest BCUT2D eigenvalue weighted by molar-refractivity contribution is -0.137. The van der Waals surface area contributed by atoms with E-state index in [1.807, 2.05) is 0 Å². The Hall–Kier alpha value is -2.31. The van der Waals surface area contributed by atoms with Gasteiger partial charge in [0.25, 0.3) is 5.91 Å². The third-order valence-electron chi connectivity index (χ3n) is 3.09. The Kier molecular flexibility index (Phi) is 4.02. The summed E-state index contributed by atoms with van der Waals surface area (Å²) in [5, 5.41) is 3.91. The zero-order valence-electron chi connectivity index (χ0n) is 11.6. The fourth-order valence-electron chi connectivity index (χ4n) is 1.92. The molecule has 0 bridgehead atoms. The van der Waals surface area contributed by atoms with Gasteiger partial charge in [0, 0.05) is 26.8 Å². The standard InChI is InChI=1S/C14H14F3N3O/c1-19(13(21)12-7-8-18-20(12)2)9-10-3-5-11(6-4-10)14(15,16)17/h3-8H,9H2,1-2H3. The number of alkyl halides is 3. The number of benzene rings is 1. The van der Waals surface area contributed by atoms with Gasteiger partial charge in [0.15, 0.2) is 0 Å². The van der Waals surface area contributed by atoms with Crippen LogP contribution in [0.25, 0.3) is 0 Å². The van der Waals surface area contributed by atoms with Crippen LogP contribution in [0.3, 0.4) is 0 Å². The maximum Gasteiger partial charge on any atom is 0.416 e. The largest absolute Gasteiger partial charge is 0.416 e. The molecule has 1 amide bonds. The van der Waals surface area contributed by atoms with Gasteiger partial charge in [-0.25, -0.2) is 0 Å². The first-order valence-electron chi connectivity index (χ1n) is 6.18. The van der Waals surface area contributed by atoms with Crippen molar-refractivity contribution < 1.29 is 18.0 Å². The number of aryl methyl sites for hydroxylation is 1. The third kappa shape index (κ3) is 3.42. The summed E-state index contributed by atoms with van der Waals surface area (Å²) in [6.07, 6.45) is -2.84. The SMILES string of the molecule is CN(Cc1ccc(C(F)(F)F)cc1)C(=O)c1ccnn1C. The van der Waals surface area contributed by atoms with Gasteiger partial charge in [-0.2, -0.15) is 18.3 Å². The molecule has 112 valence electrons. The molecular weight excluding hydrogens is 283 g/mol. The van der Waals surface area contributed by atoms with E-state index in [2.05, 4.69) is 5.10 Å². The predicted molar refractivity (Wildman–Crippen MR) is 70.4 cm³/mol. The highest BCUT2D eigenvalue weighted by molar-refractivity contribution is 5.92. The number of hydrogen-bond donors (Lipinski definition) is 0. The van der Waals surface area contributed by atoms with E-state index >= 15 is 0 Å². The first kappa shape index (κ1) is 15.1. The van der Waals surface area contributed by atoms with Crippen LogP contribution >= 0.6 is 0 Å². The zero-order valence-corrected chi connectivity index (χ0v) is 11.6. The summed E-state index contributed by atoms with van der Waals surface area (Å²) < 4.78 is 38.8. The quantitative estimate of drug-likeness (QED) is 0.873. The molecule has 0 aliphatic heterocycles. The zero-order chi connectivity index (χ0) is 15.6. The van der Waals surface area contributed by atoms with Crippen molar-refractivity contribution in [2.75, 3.05) is 7.05 Å². The van der Waals surface area contributed by atoms with Crippen LogP contribution in [0.5, 0.6) is 0 Å². The highest BCUT2D eigenvalue weighted by atomic mass is 19.4. The molecule has 0 aliphatic rings. The number of amides is 1. The van der Waals surface area contributed by atoms with Crippen LogP contribution in [0.15, 0.2) is 36.5 Å². The molecule has 0 aliphatic carbocycles. The summed E-state index contributed by atoms with van der Waals surface area (Å²) >= 11 is 0. The Morgan fingerprint density at radius 3 is 2.33 bits per heavy atom. The summed E-state index contributed by atoms with van der Waals surface area (Å²) in [6, 6.07) is 6.35. The number of halogens is 3. The summed E-state index contributed by atoms with van der Waals surface area (Å²) in [4.78, 5) is 13.6. The second-order valence-electron chi connectivity index (χ2n) is 4.70. The van der Waals surface area contributed by atoms with Crippen molar-refractivity contribution in [2.45, 2.75) is 12.7 Å². The molecule has 1 aromatic carbocycles. The van der Waals surface area contributed by atoms with Crippen molar-refractivity contribution in [1.29, 1.82) is 0 Å². The van der Waals surface area contributed by atoms with Crippen LogP contribution in [0.2, 0.25) is 0 Å². The lowest BCUT2D eigenvalue weighted by atomic mass is 10.1. The van der Waals surface area contributed by atoms with Gasteiger partial charge in [-0.1, -0.05) is 12.1 Å². The number of rotatable bonds is 3. The Morgan fingerprint density at radius 1 is 1.24 bits per heavy atom. The number of nitrogens with zero attached hydrogens (tertiary/aromatic N) is 3.